The average Bonchev–Trinajstić information content (AvgIpc) is 2.30. The van der Waals surface area contributed by atoms with Gasteiger partial charge in [-0.15, -0.1) is 0 Å². The van der Waals surface area contributed by atoms with Crippen LogP contribution in [0, 0.1) is 5.82 Å². The maximum atomic E-state index is 13.4. The van der Waals surface area contributed by atoms with Crippen LogP contribution in [0.25, 0.3) is 0 Å². The van der Waals surface area contributed by atoms with Crippen molar-refractivity contribution < 1.29 is 21.2 Å². The van der Waals surface area contributed by atoms with Crippen LogP contribution in [0.4, 0.5) is 10.1 Å². The number of anilines is 1. The van der Waals surface area contributed by atoms with Gasteiger partial charge in [-0.2, -0.15) is 4.31 Å². The highest BCUT2D eigenvalue weighted by atomic mass is 32.2. The molecule has 1 aliphatic heterocycles. The van der Waals surface area contributed by atoms with Crippen LogP contribution in [0.1, 0.15) is 6.92 Å². The smallest absolute Gasteiger partial charge is 0.243 e. The molecule has 1 aromatic rings. The molecule has 6 nitrogen and oxygen atoms in total. The van der Waals surface area contributed by atoms with Gasteiger partial charge in [-0.05, 0) is 25.1 Å². The Labute approximate surface area is 117 Å². The van der Waals surface area contributed by atoms with E-state index in [9.17, 15) is 21.2 Å². The Morgan fingerprint density at radius 2 is 2.05 bits per heavy atom. The molecule has 2 N–H and O–H groups in total. The van der Waals surface area contributed by atoms with Gasteiger partial charge >= 0.3 is 0 Å². The molecular formula is C11H15FN2O4S2. The van der Waals surface area contributed by atoms with Gasteiger partial charge in [-0.25, -0.2) is 21.2 Å². The number of nitrogen functional groups attached to an aromatic ring is 1. The number of hydrogen-bond donors (Lipinski definition) is 1. The fourth-order valence-electron chi connectivity index (χ4n) is 2.14. The van der Waals surface area contributed by atoms with Crippen molar-refractivity contribution in [3.63, 3.8) is 0 Å². The first-order valence-corrected chi connectivity index (χ1v) is 9.17. The first-order valence-electron chi connectivity index (χ1n) is 5.91. The largest absolute Gasteiger partial charge is 0.396 e. The molecule has 1 aliphatic rings. The van der Waals surface area contributed by atoms with E-state index in [2.05, 4.69) is 0 Å². The van der Waals surface area contributed by atoms with Gasteiger partial charge < -0.3 is 5.73 Å². The molecule has 0 amide bonds. The van der Waals surface area contributed by atoms with Gasteiger partial charge in [-0.3, -0.25) is 0 Å². The van der Waals surface area contributed by atoms with Gasteiger partial charge in [-0.1, -0.05) is 0 Å². The van der Waals surface area contributed by atoms with Gasteiger partial charge in [0, 0.05) is 12.6 Å². The number of sulfonamides is 1. The van der Waals surface area contributed by atoms with Gasteiger partial charge in [0.2, 0.25) is 10.0 Å². The van der Waals surface area contributed by atoms with Crippen LogP contribution in [0.2, 0.25) is 0 Å². The molecule has 2 rings (SSSR count). The van der Waals surface area contributed by atoms with Crippen molar-refractivity contribution in [3.8, 4) is 0 Å². The Morgan fingerprint density at radius 1 is 1.40 bits per heavy atom. The molecule has 1 heterocycles. The molecule has 1 unspecified atom stereocenters. The number of benzene rings is 1. The van der Waals surface area contributed by atoms with E-state index in [0.29, 0.717) is 0 Å². The Kier molecular flexibility index (Phi) is 3.78. The minimum Gasteiger partial charge on any atom is -0.396 e. The predicted molar refractivity (Wildman–Crippen MR) is 72.8 cm³/mol. The third-order valence-electron chi connectivity index (χ3n) is 3.19. The normalized spacial score (nSPS) is 23.6. The lowest BCUT2D eigenvalue weighted by Gasteiger charge is -2.32. The van der Waals surface area contributed by atoms with Crippen LogP contribution >= 0.6 is 0 Å². The van der Waals surface area contributed by atoms with E-state index in [-0.39, 0.29) is 28.6 Å². The number of nitrogens with zero attached hydrogens (tertiary/aromatic N) is 1. The van der Waals surface area contributed by atoms with E-state index in [0.717, 1.165) is 10.4 Å². The summed E-state index contributed by atoms with van der Waals surface area (Å²) in [5.41, 5.74) is 5.17. The third-order valence-corrected chi connectivity index (χ3v) is 6.99. The molecule has 112 valence electrons. The fraction of sp³-hybridized carbons (Fsp3) is 0.455. The molecule has 0 spiro atoms. The summed E-state index contributed by atoms with van der Waals surface area (Å²) in [5.74, 6) is -1.28. The van der Waals surface area contributed by atoms with E-state index < -0.39 is 31.7 Å². The van der Waals surface area contributed by atoms with Gasteiger partial charge in [0.25, 0.3) is 0 Å². The van der Waals surface area contributed by atoms with Crippen molar-refractivity contribution in [1.29, 1.82) is 0 Å². The van der Waals surface area contributed by atoms with E-state index in [1.54, 1.807) is 0 Å². The summed E-state index contributed by atoms with van der Waals surface area (Å²) in [6, 6.07) is 2.55. The second-order valence-electron chi connectivity index (χ2n) is 4.76. The van der Waals surface area contributed by atoms with Crippen molar-refractivity contribution in [2.75, 3.05) is 23.8 Å². The Bertz CT molecular complexity index is 731. The second kappa shape index (κ2) is 4.97. The first-order chi connectivity index (χ1) is 9.13. The lowest BCUT2D eigenvalue weighted by Crippen LogP contribution is -2.49. The van der Waals surface area contributed by atoms with Crippen LogP contribution in [0.5, 0.6) is 0 Å². The topological polar surface area (TPSA) is 97.5 Å². The number of halogens is 1. The van der Waals surface area contributed by atoms with E-state index in [1.807, 2.05) is 0 Å². The molecular weight excluding hydrogens is 307 g/mol. The summed E-state index contributed by atoms with van der Waals surface area (Å²) < 4.78 is 62.2. The van der Waals surface area contributed by atoms with Crippen molar-refractivity contribution >= 4 is 25.5 Å². The molecule has 0 saturated carbocycles. The maximum absolute atomic E-state index is 13.4. The van der Waals surface area contributed by atoms with Crippen molar-refractivity contribution in [2.45, 2.75) is 17.9 Å². The molecule has 20 heavy (non-hydrogen) atoms. The molecule has 1 fully saturated rings. The number of rotatable bonds is 2. The van der Waals surface area contributed by atoms with Crippen LogP contribution < -0.4 is 5.73 Å². The highest BCUT2D eigenvalue weighted by Crippen LogP contribution is 2.24. The Morgan fingerprint density at radius 3 is 2.60 bits per heavy atom. The summed E-state index contributed by atoms with van der Waals surface area (Å²) in [4.78, 5) is -0.227. The second-order valence-corrected chi connectivity index (χ2v) is 8.88. The first kappa shape index (κ1) is 15.2. The minimum atomic E-state index is -3.93. The molecule has 0 aromatic heterocycles. The van der Waals surface area contributed by atoms with Gasteiger partial charge in [0.05, 0.1) is 22.1 Å². The lowest BCUT2D eigenvalue weighted by atomic mass is 10.3. The number of sulfone groups is 1. The standard InChI is InChI=1S/C11H15FN2O4S2/c1-8-7-19(15,16)5-4-14(8)20(17,18)9-2-3-11(13)10(12)6-9/h2-3,6,8H,4-5,7,13H2,1H3. The molecule has 9 heteroatoms. The average molecular weight is 322 g/mol. The van der Waals surface area contributed by atoms with Crippen molar-refractivity contribution in [2.24, 2.45) is 0 Å². The monoisotopic (exact) mass is 322 g/mol. The Hall–Kier alpha value is -1.19. The lowest BCUT2D eigenvalue weighted by molar-refractivity contribution is 0.356. The highest BCUT2D eigenvalue weighted by molar-refractivity contribution is 7.92. The molecule has 0 radical (unpaired) electrons. The molecule has 1 aromatic carbocycles. The van der Waals surface area contributed by atoms with E-state index >= 15 is 0 Å². The molecule has 1 atom stereocenters. The summed E-state index contributed by atoms with van der Waals surface area (Å²) in [5, 5.41) is 0. The third kappa shape index (κ3) is 2.79. The molecule has 1 saturated heterocycles. The fourth-order valence-corrected chi connectivity index (χ4v) is 5.55. The maximum Gasteiger partial charge on any atom is 0.243 e. The zero-order valence-electron chi connectivity index (χ0n) is 10.8. The van der Waals surface area contributed by atoms with Crippen LogP contribution in [-0.4, -0.2) is 45.2 Å². The van der Waals surface area contributed by atoms with Crippen LogP contribution in [0.15, 0.2) is 23.1 Å². The summed E-state index contributed by atoms with van der Waals surface area (Å²) in [6.45, 7) is 1.39. The Balaban J connectivity index is 2.38. The predicted octanol–water partition coefficient (Wildman–Crippen LogP) is 0.215. The highest BCUT2D eigenvalue weighted by Gasteiger charge is 2.36. The zero-order valence-corrected chi connectivity index (χ0v) is 12.4. The van der Waals surface area contributed by atoms with E-state index in [1.165, 1.54) is 19.1 Å². The SMILES string of the molecule is CC1CS(=O)(=O)CCN1S(=O)(=O)c1ccc(N)c(F)c1. The van der Waals surface area contributed by atoms with Crippen molar-refractivity contribution in [3.05, 3.63) is 24.0 Å². The number of hydrogen-bond acceptors (Lipinski definition) is 5. The summed E-state index contributed by atoms with van der Waals surface area (Å²) in [6.07, 6.45) is 0. The number of nitrogens with two attached hydrogens (primary N) is 1. The minimum absolute atomic E-state index is 0.127. The van der Waals surface area contributed by atoms with E-state index in [4.69, 9.17) is 5.73 Å². The van der Waals surface area contributed by atoms with Gasteiger partial charge in [0.1, 0.15) is 5.82 Å². The zero-order chi connectivity index (χ0) is 15.1. The quantitative estimate of drug-likeness (QED) is 0.785. The van der Waals surface area contributed by atoms with Crippen LogP contribution in [-0.2, 0) is 19.9 Å². The van der Waals surface area contributed by atoms with Crippen LogP contribution in [0.3, 0.4) is 0 Å². The van der Waals surface area contributed by atoms with Crippen molar-refractivity contribution in [1.82, 2.24) is 4.31 Å². The molecule has 0 bridgehead atoms. The molecule has 0 aliphatic carbocycles. The summed E-state index contributed by atoms with van der Waals surface area (Å²) in [7, 11) is -7.15. The van der Waals surface area contributed by atoms with Gasteiger partial charge in [0.15, 0.2) is 9.84 Å². The summed E-state index contributed by atoms with van der Waals surface area (Å²) >= 11 is 0.